The molecule has 7 heteroatoms. The maximum atomic E-state index is 13.7. The van der Waals surface area contributed by atoms with Crippen LogP contribution in [0.4, 0.5) is 0 Å². The second-order valence-electron chi connectivity index (χ2n) is 6.74. The number of nitrogens with zero attached hydrogens (tertiary/aromatic N) is 1. The van der Waals surface area contributed by atoms with Gasteiger partial charge >= 0.3 is 0 Å². The maximum absolute atomic E-state index is 13.7. The van der Waals surface area contributed by atoms with E-state index in [0.29, 0.717) is 5.69 Å². The van der Waals surface area contributed by atoms with Gasteiger partial charge < -0.3 is 9.78 Å². The van der Waals surface area contributed by atoms with Gasteiger partial charge in [0.1, 0.15) is 0 Å². The highest BCUT2D eigenvalue weighted by atomic mass is 17.2. The molecule has 3 aromatic rings. The van der Waals surface area contributed by atoms with Gasteiger partial charge in [0.2, 0.25) is 0 Å². The molecule has 1 heterocycles. The van der Waals surface area contributed by atoms with Crippen LogP contribution >= 0.6 is 0 Å². The first kappa shape index (κ1) is 22.1. The second kappa shape index (κ2) is 10.5. The van der Waals surface area contributed by atoms with Crippen molar-refractivity contribution in [2.75, 3.05) is 14.2 Å². The number of ketones is 2. The summed E-state index contributed by atoms with van der Waals surface area (Å²) in [5.41, 5.74) is 1.08. The van der Waals surface area contributed by atoms with Gasteiger partial charge in [0, 0.05) is 17.8 Å². The van der Waals surface area contributed by atoms with E-state index in [4.69, 9.17) is 19.6 Å². The van der Waals surface area contributed by atoms with Gasteiger partial charge in [-0.15, -0.1) is 0 Å². The van der Waals surface area contributed by atoms with E-state index in [1.165, 1.54) is 14.2 Å². The molecule has 0 N–H and O–H groups in total. The smallest absolute Gasteiger partial charge is 0.178 e. The van der Waals surface area contributed by atoms with Crippen LogP contribution in [0.25, 0.3) is 0 Å². The number of pyridine rings is 1. The molecule has 0 fully saturated rings. The lowest BCUT2D eigenvalue weighted by atomic mass is 9.79. The Kier molecular flexibility index (Phi) is 7.48. The predicted molar refractivity (Wildman–Crippen MR) is 113 cm³/mol. The van der Waals surface area contributed by atoms with E-state index in [-0.39, 0.29) is 22.6 Å². The fourth-order valence-electron chi connectivity index (χ4n) is 3.39. The number of carbonyl (C=O) groups is 2. The second-order valence-corrected chi connectivity index (χ2v) is 6.74. The van der Waals surface area contributed by atoms with Crippen molar-refractivity contribution in [2.24, 2.45) is 5.92 Å². The van der Waals surface area contributed by atoms with Crippen LogP contribution in [0.2, 0.25) is 0 Å². The third-order valence-electron chi connectivity index (χ3n) is 4.87. The number of para-hydroxylation sites is 2. The maximum Gasteiger partial charge on any atom is 0.178 e. The molecule has 0 saturated heterocycles. The number of aromatic nitrogens is 1. The van der Waals surface area contributed by atoms with Gasteiger partial charge in [-0.25, -0.2) is 0 Å². The van der Waals surface area contributed by atoms with Crippen LogP contribution < -0.4 is 9.78 Å². The van der Waals surface area contributed by atoms with Gasteiger partial charge in [-0.1, -0.05) is 37.3 Å². The Morgan fingerprint density at radius 3 is 1.68 bits per heavy atom. The van der Waals surface area contributed by atoms with E-state index in [1.807, 2.05) is 6.07 Å². The van der Waals surface area contributed by atoms with Gasteiger partial charge in [0.15, 0.2) is 23.1 Å². The summed E-state index contributed by atoms with van der Waals surface area (Å²) < 4.78 is 0. The highest BCUT2D eigenvalue weighted by Crippen LogP contribution is 2.34. The summed E-state index contributed by atoms with van der Waals surface area (Å²) in [6.07, 6.45) is 1.63. The predicted octanol–water partition coefficient (Wildman–Crippen LogP) is 4.45. The minimum absolute atomic E-state index is 0.224. The fraction of sp³-hybridized carbons (Fsp3) is 0.208. The van der Waals surface area contributed by atoms with Crippen molar-refractivity contribution in [3.05, 3.63) is 89.7 Å². The zero-order valence-corrected chi connectivity index (χ0v) is 17.5. The number of carbonyl (C=O) groups excluding carboxylic acids is 2. The summed E-state index contributed by atoms with van der Waals surface area (Å²) in [6, 6.07) is 18.6. The van der Waals surface area contributed by atoms with Gasteiger partial charge in [-0.3, -0.25) is 14.6 Å². The molecular formula is C24H23NO6. The molecule has 1 atom stereocenters. The van der Waals surface area contributed by atoms with Crippen LogP contribution in [-0.4, -0.2) is 30.8 Å². The van der Waals surface area contributed by atoms with Crippen molar-refractivity contribution < 1.29 is 29.1 Å². The Balaban J connectivity index is 2.10. The molecule has 0 aliphatic heterocycles. The molecular weight excluding hydrogens is 398 g/mol. The van der Waals surface area contributed by atoms with E-state index in [0.717, 1.165) is 0 Å². The zero-order chi connectivity index (χ0) is 22.2. The minimum Gasteiger partial charge on any atom is -0.337 e. The van der Waals surface area contributed by atoms with Crippen molar-refractivity contribution in [1.82, 2.24) is 4.98 Å². The van der Waals surface area contributed by atoms with E-state index in [9.17, 15) is 9.59 Å². The third-order valence-corrected chi connectivity index (χ3v) is 4.87. The monoisotopic (exact) mass is 421 g/mol. The number of Topliss-reactive ketones (excluding diaryl/α,β-unsaturated/α-hetero) is 2. The first-order chi connectivity index (χ1) is 15.1. The number of hydrogen-bond acceptors (Lipinski definition) is 7. The number of benzene rings is 2. The lowest BCUT2D eigenvalue weighted by molar-refractivity contribution is -0.178. The molecule has 2 aromatic carbocycles. The Hall–Kier alpha value is -3.55. The lowest BCUT2D eigenvalue weighted by Gasteiger charge is -2.23. The fourth-order valence-corrected chi connectivity index (χ4v) is 3.39. The highest BCUT2D eigenvalue weighted by molar-refractivity contribution is 6.18. The summed E-state index contributed by atoms with van der Waals surface area (Å²) in [5.74, 6) is -1.98. The molecule has 1 unspecified atom stereocenters. The molecule has 0 bridgehead atoms. The van der Waals surface area contributed by atoms with Crippen LogP contribution in [0.5, 0.6) is 11.5 Å². The lowest BCUT2D eigenvalue weighted by Crippen LogP contribution is -2.30. The van der Waals surface area contributed by atoms with Crippen LogP contribution in [0.1, 0.15) is 39.3 Å². The van der Waals surface area contributed by atoms with Crippen molar-refractivity contribution in [3.8, 4) is 11.5 Å². The van der Waals surface area contributed by atoms with E-state index >= 15 is 0 Å². The molecule has 3 rings (SSSR count). The minimum atomic E-state index is -1.09. The molecule has 0 aliphatic carbocycles. The van der Waals surface area contributed by atoms with Crippen LogP contribution in [0.15, 0.2) is 72.9 Å². The molecule has 31 heavy (non-hydrogen) atoms. The zero-order valence-electron chi connectivity index (χ0n) is 17.5. The first-order valence-electron chi connectivity index (χ1n) is 9.67. The Bertz CT molecular complexity index is 976. The quantitative estimate of drug-likeness (QED) is 0.207. The van der Waals surface area contributed by atoms with Gasteiger partial charge in [-0.05, 0) is 36.4 Å². The Morgan fingerprint density at radius 2 is 1.23 bits per heavy atom. The van der Waals surface area contributed by atoms with Gasteiger partial charge in [-0.2, -0.15) is 9.78 Å². The van der Waals surface area contributed by atoms with Crippen LogP contribution in [-0.2, 0) is 9.78 Å². The van der Waals surface area contributed by atoms with Crippen LogP contribution in [0.3, 0.4) is 0 Å². The summed E-state index contributed by atoms with van der Waals surface area (Å²) in [4.78, 5) is 51.5. The summed E-state index contributed by atoms with van der Waals surface area (Å²) in [6.45, 7) is 1.79. The van der Waals surface area contributed by atoms with Crippen molar-refractivity contribution in [1.29, 1.82) is 0 Å². The van der Waals surface area contributed by atoms with Crippen molar-refractivity contribution in [3.63, 3.8) is 0 Å². The van der Waals surface area contributed by atoms with Crippen molar-refractivity contribution in [2.45, 2.75) is 12.8 Å². The molecule has 0 amide bonds. The number of hydrogen-bond donors (Lipinski definition) is 0. The van der Waals surface area contributed by atoms with E-state index in [2.05, 4.69) is 4.98 Å². The summed E-state index contributed by atoms with van der Waals surface area (Å²) >= 11 is 0. The SMILES string of the molecule is COOc1ccccc1C(=O)C(C(=O)c1ccccc1OOC)C(C)c1ccccn1. The average Bonchev–Trinajstić information content (AvgIpc) is 2.80. The third kappa shape index (κ3) is 4.96. The Labute approximate surface area is 180 Å². The molecule has 160 valence electrons. The molecule has 0 saturated carbocycles. The van der Waals surface area contributed by atoms with E-state index < -0.39 is 23.4 Å². The van der Waals surface area contributed by atoms with E-state index in [1.54, 1.807) is 73.8 Å². The molecule has 0 spiro atoms. The number of rotatable bonds is 10. The first-order valence-corrected chi connectivity index (χ1v) is 9.67. The topological polar surface area (TPSA) is 84.0 Å². The largest absolute Gasteiger partial charge is 0.337 e. The molecule has 0 radical (unpaired) electrons. The Morgan fingerprint density at radius 1 is 0.742 bits per heavy atom. The molecule has 0 aliphatic rings. The standard InChI is InChI=1S/C24H23NO6/c1-16(19-12-8-9-15-25-19)22(23(26)17-10-4-6-13-20(17)30-28-2)24(27)18-11-5-7-14-21(18)31-29-3/h4-16,22H,1-3H3. The summed E-state index contributed by atoms with van der Waals surface area (Å²) in [7, 11) is 2.69. The highest BCUT2D eigenvalue weighted by Gasteiger charge is 2.37. The van der Waals surface area contributed by atoms with Gasteiger partial charge in [0.05, 0.1) is 31.3 Å². The van der Waals surface area contributed by atoms with Gasteiger partial charge in [0.25, 0.3) is 0 Å². The normalized spacial score (nSPS) is 11.7. The molecule has 7 nitrogen and oxygen atoms in total. The average molecular weight is 421 g/mol. The van der Waals surface area contributed by atoms with Crippen molar-refractivity contribution >= 4 is 11.6 Å². The molecule has 1 aromatic heterocycles. The van der Waals surface area contributed by atoms with Crippen LogP contribution in [0, 0.1) is 5.92 Å². The summed E-state index contributed by atoms with van der Waals surface area (Å²) in [5, 5.41) is 0.